The molecular weight excluding hydrogens is 310 g/mol. The first kappa shape index (κ1) is 15.1. The topological polar surface area (TPSA) is 88.1 Å². The maximum atomic E-state index is 5.44. The van der Waals surface area contributed by atoms with Gasteiger partial charge in [0.1, 0.15) is 4.99 Å². The highest BCUT2D eigenvalue weighted by Gasteiger charge is 2.12. The van der Waals surface area contributed by atoms with E-state index in [9.17, 15) is 0 Å². The van der Waals surface area contributed by atoms with Crippen molar-refractivity contribution in [3.05, 3.63) is 36.9 Å². The van der Waals surface area contributed by atoms with Crippen LogP contribution >= 0.6 is 24.4 Å². The third kappa shape index (κ3) is 4.65. The van der Waals surface area contributed by atoms with E-state index in [0.717, 1.165) is 0 Å². The van der Waals surface area contributed by atoms with Crippen LogP contribution in [-0.4, -0.2) is 26.8 Å². The number of nitrogens with zero attached hydrogens (tertiary/aromatic N) is 2. The van der Waals surface area contributed by atoms with Crippen LogP contribution < -0.4 is 16.2 Å². The number of rotatable bonds is 5. The zero-order valence-electron chi connectivity index (χ0n) is 11.0. The first-order valence-corrected chi connectivity index (χ1v) is 6.80. The van der Waals surface area contributed by atoms with Crippen LogP contribution in [0.15, 0.2) is 39.9 Å². The zero-order chi connectivity index (χ0) is 15.1. The van der Waals surface area contributed by atoms with Gasteiger partial charge in [-0.05, 0) is 24.4 Å². The molecule has 0 aliphatic rings. The summed E-state index contributed by atoms with van der Waals surface area (Å²) in [5, 5.41) is 11.1. The molecule has 2 aromatic rings. The molecule has 2 heterocycles. The predicted molar refractivity (Wildman–Crippen MR) is 85.4 cm³/mol. The van der Waals surface area contributed by atoms with Crippen LogP contribution in [0.3, 0.4) is 0 Å². The van der Waals surface area contributed by atoms with E-state index in [-0.39, 0.29) is 0 Å². The van der Waals surface area contributed by atoms with Crippen LogP contribution in [0.25, 0.3) is 11.7 Å². The number of aromatic nitrogens is 2. The number of hydrogen-bond acceptors (Lipinski definition) is 6. The molecule has 7 nitrogen and oxygen atoms in total. The van der Waals surface area contributed by atoms with Gasteiger partial charge in [0.05, 0.1) is 12.7 Å². The summed E-state index contributed by atoms with van der Waals surface area (Å²) >= 11 is 10.1. The van der Waals surface area contributed by atoms with Gasteiger partial charge in [0.15, 0.2) is 10.9 Å². The van der Waals surface area contributed by atoms with Gasteiger partial charge in [0.25, 0.3) is 5.89 Å². The number of hydrogen-bond donors (Lipinski definition) is 3. The molecule has 0 atom stereocenters. The summed E-state index contributed by atoms with van der Waals surface area (Å²) in [4.78, 5) is 0.465. The molecule has 0 bridgehead atoms. The van der Waals surface area contributed by atoms with E-state index in [0.29, 0.717) is 40.6 Å². The summed E-state index contributed by atoms with van der Waals surface area (Å²) in [7, 11) is 0. The number of thiocarbonyl (C=S) groups is 2. The Kier molecular flexibility index (Phi) is 5.41. The fraction of sp³-hybridized carbons (Fsp3) is 0.167. The normalized spacial score (nSPS) is 9.90. The van der Waals surface area contributed by atoms with Crippen molar-refractivity contribution in [2.45, 2.75) is 6.42 Å². The van der Waals surface area contributed by atoms with E-state index in [1.54, 1.807) is 18.2 Å². The molecule has 0 spiro atoms. The smallest absolute Gasteiger partial charge is 0.283 e. The van der Waals surface area contributed by atoms with Gasteiger partial charge in [0.2, 0.25) is 5.89 Å². The average molecular weight is 323 g/mol. The lowest BCUT2D eigenvalue weighted by atomic mass is 10.4. The van der Waals surface area contributed by atoms with Crippen molar-refractivity contribution in [1.29, 1.82) is 0 Å². The Morgan fingerprint density at radius 2 is 2.19 bits per heavy atom. The summed E-state index contributed by atoms with van der Waals surface area (Å²) in [6.45, 7) is 4.14. The van der Waals surface area contributed by atoms with Crippen molar-refractivity contribution < 1.29 is 8.83 Å². The Balaban J connectivity index is 1.80. The van der Waals surface area contributed by atoms with Crippen LogP contribution in [0.4, 0.5) is 0 Å². The van der Waals surface area contributed by atoms with Crippen molar-refractivity contribution in [1.82, 2.24) is 26.4 Å². The van der Waals surface area contributed by atoms with E-state index in [1.165, 1.54) is 6.26 Å². The van der Waals surface area contributed by atoms with E-state index in [4.69, 9.17) is 33.3 Å². The second kappa shape index (κ2) is 7.50. The molecular formula is C12H13N5O2S2. The fourth-order valence-corrected chi connectivity index (χ4v) is 1.65. The molecule has 0 amide bonds. The molecule has 0 unspecified atom stereocenters. The molecule has 0 radical (unpaired) electrons. The Bertz CT molecular complexity index is 623. The van der Waals surface area contributed by atoms with Gasteiger partial charge in [0, 0.05) is 6.54 Å². The highest BCUT2D eigenvalue weighted by molar-refractivity contribution is 7.80. The largest absolute Gasteiger partial charge is 0.459 e. The molecule has 0 aliphatic carbocycles. The zero-order valence-corrected chi connectivity index (χ0v) is 12.6. The minimum atomic E-state index is 0.292. The van der Waals surface area contributed by atoms with Crippen LogP contribution in [0.2, 0.25) is 0 Å². The number of nitrogens with one attached hydrogen (secondary N) is 3. The lowest BCUT2D eigenvalue weighted by molar-refractivity contribution is 0.491. The molecule has 21 heavy (non-hydrogen) atoms. The fourth-order valence-electron chi connectivity index (χ4n) is 1.34. The van der Waals surface area contributed by atoms with Crippen molar-refractivity contribution in [2.24, 2.45) is 0 Å². The molecule has 0 fully saturated rings. The molecule has 0 saturated heterocycles. The first-order valence-electron chi connectivity index (χ1n) is 5.99. The lowest BCUT2D eigenvalue weighted by Crippen LogP contribution is -2.46. The van der Waals surface area contributed by atoms with Crippen molar-refractivity contribution >= 4 is 34.5 Å². The van der Waals surface area contributed by atoms with Crippen LogP contribution in [-0.2, 0) is 6.42 Å². The predicted octanol–water partition coefficient (Wildman–Crippen LogP) is 1.35. The Morgan fingerprint density at radius 3 is 2.90 bits per heavy atom. The molecule has 0 saturated carbocycles. The molecule has 9 heteroatoms. The summed E-state index contributed by atoms with van der Waals surface area (Å²) in [5.41, 5.74) is 5.52. The first-order chi connectivity index (χ1) is 10.2. The van der Waals surface area contributed by atoms with E-state index in [2.05, 4.69) is 32.9 Å². The second-order valence-corrected chi connectivity index (χ2v) is 4.73. The minimum Gasteiger partial charge on any atom is -0.459 e. The van der Waals surface area contributed by atoms with Gasteiger partial charge >= 0.3 is 0 Å². The van der Waals surface area contributed by atoms with Gasteiger partial charge in [-0.2, -0.15) is 0 Å². The SMILES string of the molecule is C=CCNC(=S)NNC(=S)Cc1nnc(-c2ccco2)o1. The van der Waals surface area contributed by atoms with Crippen molar-refractivity contribution in [3.8, 4) is 11.7 Å². The third-order valence-corrected chi connectivity index (χ3v) is 2.73. The Labute approximate surface area is 131 Å². The van der Waals surface area contributed by atoms with Gasteiger partial charge in [-0.3, -0.25) is 10.9 Å². The molecule has 3 N–H and O–H groups in total. The van der Waals surface area contributed by atoms with Crippen molar-refractivity contribution in [2.75, 3.05) is 6.54 Å². The summed E-state index contributed by atoms with van der Waals surface area (Å²) in [6.07, 6.45) is 3.52. The molecule has 0 aliphatic heterocycles. The second-order valence-electron chi connectivity index (χ2n) is 3.83. The summed E-state index contributed by atoms with van der Waals surface area (Å²) in [6, 6.07) is 3.48. The number of furan rings is 1. The summed E-state index contributed by atoms with van der Waals surface area (Å²) in [5.74, 6) is 1.21. The van der Waals surface area contributed by atoms with Gasteiger partial charge in [-0.15, -0.1) is 16.8 Å². The minimum absolute atomic E-state index is 0.292. The highest BCUT2D eigenvalue weighted by atomic mass is 32.1. The molecule has 2 rings (SSSR count). The lowest BCUT2D eigenvalue weighted by Gasteiger charge is -2.10. The summed E-state index contributed by atoms with van der Waals surface area (Å²) < 4.78 is 10.6. The van der Waals surface area contributed by atoms with E-state index in [1.807, 2.05) is 0 Å². The van der Waals surface area contributed by atoms with Crippen molar-refractivity contribution in [3.63, 3.8) is 0 Å². The third-order valence-electron chi connectivity index (χ3n) is 2.23. The maximum absolute atomic E-state index is 5.44. The molecule has 110 valence electrons. The number of hydrazine groups is 1. The van der Waals surface area contributed by atoms with Gasteiger partial charge in [-0.25, -0.2) is 0 Å². The highest BCUT2D eigenvalue weighted by Crippen LogP contribution is 2.17. The van der Waals surface area contributed by atoms with Crippen LogP contribution in [0.5, 0.6) is 0 Å². The van der Waals surface area contributed by atoms with Gasteiger partial charge < -0.3 is 14.2 Å². The standard InChI is InChI=1S/C12H13N5O2S2/c1-2-5-13-12(21)17-15-10(20)7-9-14-16-11(19-9)8-4-3-6-18-8/h2-4,6H,1,5,7H2,(H,15,20)(H2,13,17,21). The average Bonchev–Trinajstić information content (AvgIpc) is 3.13. The molecule has 2 aromatic heterocycles. The quantitative estimate of drug-likeness (QED) is 0.429. The van der Waals surface area contributed by atoms with Gasteiger partial charge in [-0.1, -0.05) is 18.3 Å². The van der Waals surface area contributed by atoms with E-state index >= 15 is 0 Å². The van der Waals surface area contributed by atoms with E-state index < -0.39 is 0 Å². The Hall–Kier alpha value is -2.26. The monoisotopic (exact) mass is 323 g/mol. The molecule has 0 aromatic carbocycles. The van der Waals surface area contributed by atoms with Crippen LogP contribution in [0, 0.1) is 0 Å². The van der Waals surface area contributed by atoms with Crippen LogP contribution in [0.1, 0.15) is 5.89 Å². The Morgan fingerprint density at radius 1 is 1.33 bits per heavy atom. The maximum Gasteiger partial charge on any atom is 0.283 e.